The maximum absolute atomic E-state index is 4.89. The van der Waals surface area contributed by atoms with Crippen LogP contribution in [0.3, 0.4) is 0 Å². The molecule has 0 aliphatic carbocycles. The molecule has 0 saturated heterocycles. The molecular formula is C29H28N6. The minimum atomic E-state index is 0.261. The van der Waals surface area contributed by atoms with Gasteiger partial charge in [0, 0.05) is 52.1 Å². The minimum Gasteiger partial charge on any atom is -0.264 e. The molecular weight excluding hydrogens is 432 g/mol. The van der Waals surface area contributed by atoms with Crippen molar-refractivity contribution in [2.24, 2.45) is 0 Å². The van der Waals surface area contributed by atoms with Gasteiger partial charge in [0.05, 0.1) is 16.9 Å². The molecule has 5 rings (SSSR count). The quantitative estimate of drug-likeness (QED) is 0.288. The third-order valence-corrected chi connectivity index (χ3v) is 5.97. The molecule has 0 aliphatic heterocycles. The summed E-state index contributed by atoms with van der Waals surface area (Å²) in [5, 5.41) is 1.05. The summed E-state index contributed by atoms with van der Waals surface area (Å²) in [6.07, 6.45) is 5.37. The summed E-state index contributed by atoms with van der Waals surface area (Å²) in [5.74, 6) is 2.00. The first-order valence-corrected chi connectivity index (χ1v) is 11.9. The van der Waals surface area contributed by atoms with Crippen LogP contribution >= 0.6 is 0 Å². The largest absolute Gasteiger partial charge is 0.264 e. The lowest BCUT2D eigenvalue weighted by Crippen LogP contribution is -2.01. The summed E-state index contributed by atoms with van der Waals surface area (Å²) in [5.41, 5.74) is 7.61. The highest BCUT2D eigenvalue weighted by Crippen LogP contribution is 2.30. The lowest BCUT2D eigenvalue weighted by atomic mass is 10.0. The molecule has 0 aliphatic rings. The molecule has 5 aromatic rings. The van der Waals surface area contributed by atoms with Crippen LogP contribution in [0.15, 0.2) is 67.1 Å². The monoisotopic (exact) mass is 460 g/mol. The molecule has 0 spiro atoms. The Bertz CT molecular complexity index is 1510. The van der Waals surface area contributed by atoms with E-state index in [4.69, 9.17) is 15.0 Å². The Hall–Kier alpha value is -4.06. The number of hydrogen-bond acceptors (Lipinski definition) is 6. The summed E-state index contributed by atoms with van der Waals surface area (Å²) in [7, 11) is 0. The van der Waals surface area contributed by atoms with Gasteiger partial charge in [-0.1, -0.05) is 39.8 Å². The minimum absolute atomic E-state index is 0.261. The topological polar surface area (TPSA) is 77.3 Å². The van der Waals surface area contributed by atoms with Gasteiger partial charge in [-0.2, -0.15) is 0 Å². The van der Waals surface area contributed by atoms with Crippen molar-refractivity contribution in [2.75, 3.05) is 0 Å². The number of aryl methyl sites for hydroxylation is 1. The first-order chi connectivity index (χ1) is 16.9. The van der Waals surface area contributed by atoms with Crippen LogP contribution in [0.4, 0.5) is 0 Å². The second-order valence-corrected chi connectivity index (χ2v) is 9.40. The third-order valence-electron chi connectivity index (χ3n) is 5.97. The second-order valence-electron chi connectivity index (χ2n) is 9.40. The molecule has 0 bridgehead atoms. The molecule has 1 aromatic carbocycles. The highest BCUT2D eigenvalue weighted by Gasteiger charge is 2.15. The molecule has 4 aromatic heterocycles. The van der Waals surface area contributed by atoms with Crippen LogP contribution in [-0.4, -0.2) is 29.9 Å². The van der Waals surface area contributed by atoms with Crippen LogP contribution in [0, 0.1) is 6.92 Å². The van der Waals surface area contributed by atoms with Crippen LogP contribution in [0.25, 0.3) is 44.9 Å². The number of nitrogens with zero attached hydrogens (tertiary/aromatic N) is 6. The van der Waals surface area contributed by atoms with Crippen molar-refractivity contribution in [3.63, 3.8) is 0 Å². The van der Waals surface area contributed by atoms with Gasteiger partial charge in [-0.05, 0) is 55.2 Å². The van der Waals surface area contributed by atoms with Crippen LogP contribution < -0.4 is 0 Å². The lowest BCUT2D eigenvalue weighted by Gasteiger charge is -2.13. The smallest absolute Gasteiger partial charge is 0.161 e. The first kappa shape index (κ1) is 22.7. The van der Waals surface area contributed by atoms with Crippen molar-refractivity contribution in [2.45, 2.75) is 46.5 Å². The van der Waals surface area contributed by atoms with E-state index in [1.54, 1.807) is 12.4 Å². The molecule has 0 radical (unpaired) electrons. The van der Waals surface area contributed by atoms with Crippen LogP contribution in [0.1, 0.15) is 56.6 Å². The van der Waals surface area contributed by atoms with Crippen molar-refractivity contribution in [1.29, 1.82) is 0 Å². The summed E-state index contributed by atoms with van der Waals surface area (Å²) >= 11 is 0. The predicted molar refractivity (Wildman–Crippen MR) is 140 cm³/mol. The Morgan fingerprint density at radius 1 is 0.686 bits per heavy atom. The van der Waals surface area contributed by atoms with E-state index in [2.05, 4.69) is 60.8 Å². The van der Waals surface area contributed by atoms with Gasteiger partial charge in [-0.3, -0.25) is 9.97 Å². The van der Waals surface area contributed by atoms with Gasteiger partial charge in [-0.25, -0.2) is 19.9 Å². The highest BCUT2D eigenvalue weighted by molar-refractivity contribution is 5.87. The van der Waals surface area contributed by atoms with Crippen molar-refractivity contribution in [3.8, 4) is 34.0 Å². The normalized spacial score (nSPS) is 11.5. The van der Waals surface area contributed by atoms with Crippen molar-refractivity contribution >= 4 is 10.9 Å². The van der Waals surface area contributed by atoms with Gasteiger partial charge in [0.2, 0.25) is 0 Å². The second kappa shape index (κ2) is 9.29. The molecule has 0 saturated carbocycles. The Labute approximate surface area is 205 Å². The summed E-state index contributed by atoms with van der Waals surface area (Å²) in [4.78, 5) is 28.1. The average Bonchev–Trinajstić information content (AvgIpc) is 2.87. The zero-order valence-corrected chi connectivity index (χ0v) is 20.7. The van der Waals surface area contributed by atoms with Crippen molar-refractivity contribution < 1.29 is 0 Å². The Kier molecular flexibility index (Phi) is 6.03. The Morgan fingerprint density at radius 3 is 2.26 bits per heavy atom. The number of rotatable bonds is 5. The predicted octanol–water partition coefficient (Wildman–Crippen LogP) is 6.77. The van der Waals surface area contributed by atoms with Gasteiger partial charge in [0.15, 0.2) is 11.6 Å². The lowest BCUT2D eigenvalue weighted by molar-refractivity contribution is 0.812. The van der Waals surface area contributed by atoms with Crippen LogP contribution in [0.2, 0.25) is 0 Å². The number of benzene rings is 1. The van der Waals surface area contributed by atoms with Crippen molar-refractivity contribution in [1.82, 2.24) is 29.9 Å². The number of hydrogen-bond donors (Lipinski definition) is 0. The average molecular weight is 461 g/mol. The van der Waals surface area contributed by atoms with E-state index in [0.29, 0.717) is 11.7 Å². The molecule has 0 atom stereocenters. The van der Waals surface area contributed by atoms with Gasteiger partial charge >= 0.3 is 0 Å². The first-order valence-electron chi connectivity index (χ1n) is 11.9. The number of fused-ring (bicyclic) bond motifs is 1. The van der Waals surface area contributed by atoms with Gasteiger partial charge < -0.3 is 0 Å². The van der Waals surface area contributed by atoms with E-state index in [1.165, 1.54) is 0 Å². The van der Waals surface area contributed by atoms with Crippen LogP contribution in [-0.2, 0) is 0 Å². The molecule has 0 N–H and O–H groups in total. The fourth-order valence-electron chi connectivity index (χ4n) is 4.12. The molecule has 6 heteroatoms. The number of pyridine rings is 2. The maximum atomic E-state index is 4.89. The molecule has 4 heterocycles. The fraction of sp³-hybridized carbons (Fsp3) is 0.241. The Morgan fingerprint density at radius 2 is 1.51 bits per heavy atom. The zero-order valence-electron chi connectivity index (χ0n) is 20.7. The molecule has 6 nitrogen and oxygen atoms in total. The standard InChI is InChI=1S/C29H28N6/c1-17(2)24-13-19(5)32-28(33-24)21-10-12-31-25(15-21)20-8-9-23-26(14-20)34-29(35-27(23)18(3)4)22-7-6-11-30-16-22/h6-18H,1-5H3. The van der Waals surface area contributed by atoms with E-state index >= 15 is 0 Å². The van der Waals surface area contributed by atoms with Gasteiger partial charge in [0.1, 0.15) is 0 Å². The fourth-order valence-corrected chi connectivity index (χ4v) is 4.12. The highest BCUT2D eigenvalue weighted by atomic mass is 14.9. The van der Waals surface area contributed by atoms with Gasteiger partial charge in [0.25, 0.3) is 0 Å². The third kappa shape index (κ3) is 4.64. The molecule has 35 heavy (non-hydrogen) atoms. The van der Waals surface area contributed by atoms with Gasteiger partial charge in [-0.15, -0.1) is 0 Å². The molecule has 174 valence electrons. The molecule has 0 amide bonds. The van der Waals surface area contributed by atoms with E-state index in [-0.39, 0.29) is 5.92 Å². The van der Waals surface area contributed by atoms with E-state index in [1.807, 2.05) is 43.5 Å². The Balaban J connectivity index is 1.62. The SMILES string of the molecule is Cc1cc(C(C)C)nc(-c2ccnc(-c3ccc4c(C(C)C)nc(-c5cccnc5)nc4c3)c2)n1. The zero-order chi connectivity index (χ0) is 24.5. The molecule has 0 fully saturated rings. The van der Waals surface area contributed by atoms with Crippen molar-refractivity contribution in [3.05, 3.63) is 84.2 Å². The van der Waals surface area contributed by atoms with E-state index in [9.17, 15) is 0 Å². The van der Waals surface area contributed by atoms with E-state index < -0.39 is 0 Å². The summed E-state index contributed by atoms with van der Waals surface area (Å²) in [6, 6.07) is 16.2. The maximum Gasteiger partial charge on any atom is 0.161 e. The molecule has 0 unspecified atom stereocenters. The van der Waals surface area contributed by atoms with Crippen LogP contribution in [0.5, 0.6) is 0 Å². The summed E-state index contributed by atoms with van der Waals surface area (Å²) in [6.45, 7) is 10.6. The van der Waals surface area contributed by atoms with E-state index in [0.717, 1.165) is 56.2 Å². The number of aromatic nitrogens is 6. The summed E-state index contributed by atoms with van der Waals surface area (Å²) < 4.78 is 0.